The van der Waals surface area contributed by atoms with Crippen molar-refractivity contribution in [3.63, 3.8) is 0 Å². The predicted octanol–water partition coefficient (Wildman–Crippen LogP) is 5.46. The van der Waals surface area contributed by atoms with E-state index in [2.05, 4.69) is 5.32 Å². The highest BCUT2D eigenvalue weighted by molar-refractivity contribution is 7.89. The van der Waals surface area contributed by atoms with Crippen molar-refractivity contribution in [1.29, 1.82) is 0 Å². The molecule has 0 aliphatic rings. The van der Waals surface area contributed by atoms with E-state index in [1.807, 2.05) is 57.3 Å². The molecule has 1 heterocycles. The molecule has 0 saturated heterocycles. The number of hydrogen-bond donors (Lipinski definition) is 1. The zero-order valence-electron chi connectivity index (χ0n) is 17.8. The zero-order valence-corrected chi connectivity index (χ0v) is 19.4. The summed E-state index contributed by atoms with van der Waals surface area (Å²) < 4.78 is 28.9. The summed E-state index contributed by atoms with van der Waals surface area (Å²) in [6.45, 7) is 8.95. The van der Waals surface area contributed by atoms with Crippen LogP contribution in [0.15, 0.2) is 58.8 Å². The molecule has 0 unspecified atom stereocenters. The van der Waals surface area contributed by atoms with E-state index < -0.39 is 10.0 Å². The van der Waals surface area contributed by atoms with Gasteiger partial charge >= 0.3 is 0 Å². The number of fused-ring (bicyclic) bond motifs is 1. The molecule has 3 aromatic rings. The minimum Gasteiger partial charge on any atom is -0.322 e. The summed E-state index contributed by atoms with van der Waals surface area (Å²) in [6, 6.07) is 13.9. The Morgan fingerprint density at radius 2 is 1.60 bits per heavy atom. The predicted molar refractivity (Wildman–Crippen MR) is 125 cm³/mol. The lowest BCUT2D eigenvalue weighted by atomic mass is 10.2. The number of carbonyl (C=O) groups is 1. The highest BCUT2D eigenvalue weighted by atomic mass is 32.2. The van der Waals surface area contributed by atoms with Gasteiger partial charge < -0.3 is 5.32 Å². The van der Waals surface area contributed by atoms with Crippen LogP contribution in [0.5, 0.6) is 0 Å². The minimum atomic E-state index is -3.61. The molecule has 3 rings (SSSR count). The number of anilines is 1. The van der Waals surface area contributed by atoms with Gasteiger partial charge in [0.15, 0.2) is 0 Å². The van der Waals surface area contributed by atoms with Gasteiger partial charge in [0, 0.05) is 29.0 Å². The summed E-state index contributed by atoms with van der Waals surface area (Å²) in [6.07, 6.45) is 0. The maximum Gasteiger partial charge on any atom is 0.255 e. The summed E-state index contributed by atoms with van der Waals surface area (Å²) >= 11 is 1.65. The Bertz CT molecular complexity index is 1110. The second-order valence-electron chi connectivity index (χ2n) is 8.26. The molecule has 30 heavy (non-hydrogen) atoms. The van der Waals surface area contributed by atoms with Crippen LogP contribution in [0.25, 0.3) is 10.1 Å². The fraction of sp³-hybridized carbons (Fsp3) is 0.348. The van der Waals surface area contributed by atoms with Crippen molar-refractivity contribution in [2.24, 2.45) is 11.8 Å². The second kappa shape index (κ2) is 9.29. The van der Waals surface area contributed by atoms with E-state index in [1.165, 1.54) is 16.4 Å². The molecule has 1 amide bonds. The molecule has 160 valence electrons. The van der Waals surface area contributed by atoms with Crippen molar-refractivity contribution >= 4 is 43.0 Å². The van der Waals surface area contributed by atoms with Crippen LogP contribution < -0.4 is 5.32 Å². The smallest absolute Gasteiger partial charge is 0.255 e. The largest absolute Gasteiger partial charge is 0.322 e. The van der Waals surface area contributed by atoms with E-state index >= 15 is 0 Å². The van der Waals surface area contributed by atoms with Crippen molar-refractivity contribution in [2.45, 2.75) is 32.6 Å². The number of nitrogens with one attached hydrogen (secondary N) is 1. The van der Waals surface area contributed by atoms with Crippen LogP contribution in [0.3, 0.4) is 0 Å². The molecular formula is C23H28N2O3S2. The molecule has 0 bridgehead atoms. The normalized spacial score (nSPS) is 12.2. The Morgan fingerprint density at radius 1 is 0.967 bits per heavy atom. The number of rotatable bonds is 8. The van der Waals surface area contributed by atoms with Gasteiger partial charge in [-0.15, -0.1) is 11.3 Å². The minimum absolute atomic E-state index is 0.208. The van der Waals surface area contributed by atoms with Gasteiger partial charge in [-0.2, -0.15) is 4.31 Å². The molecule has 0 aliphatic carbocycles. The first kappa shape index (κ1) is 22.5. The molecule has 0 radical (unpaired) electrons. The van der Waals surface area contributed by atoms with E-state index in [-0.39, 0.29) is 22.6 Å². The van der Waals surface area contributed by atoms with Crippen molar-refractivity contribution in [2.75, 3.05) is 18.4 Å². The molecule has 0 atom stereocenters. The summed E-state index contributed by atoms with van der Waals surface area (Å²) in [4.78, 5) is 12.8. The number of thiophene rings is 1. The molecule has 1 aromatic heterocycles. The van der Waals surface area contributed by atoms with Gasteiger partial charge in [0.1, 0.15) is 0 Å². The number of sulfonamides is 1. The van der Waals surface area contributed by atoms with Crippen LogP contribution in [0.4, 0.5) is 5.69 Å². The van der Waals surface area contributed by atoms with Crippen LogP contribution in [-0.2, 0) is 10.0 Å². The molecule has 0 spiro atoms. The van der Waals surface area contributed by atoms with E-state index in [0.29, 0.717) is 24.3 Å². The van der Waals surface area contributed by atoms with E-state index in [4.69, 9.17) is 0 Å². The lowest BCUT2D eigenvalue weighted by Gasteiger charge is -2.25. The van der Waals surface area contributed by atoms with Crippen LogP contribution in [-0.4, -0.2) is 31.7 Å². The molecule has 5 nitrogen and oxygen atoms in total. The molecular weight excluding hydrogens is 416 g/mol. The Kier molecular flexibility index (Phi) is 6.95. The van der Waals surface area contributed by atoms with Crippen LogP contribution >= 0.6 is 11.3 Å². The summed E-state index contributed by atoms with van der Waals surface area (Å²) in [7, 11) is -3.61. The standard InChI is InChI=1S/C23H28N2O3S2/c1-16(2)14-25(15-17(3)4)30(27,28)21-8-5-18(6-9-21)23(26)24-20-7-10-22-19(13-20)11-12-29-22/h5-13,16-17H,14-15H2,1-4H3,(H,24,26). The van der Waals surface area contributed by atoms with Crippen LogP contribution in [0.2, 0.25) is 0 Å². The van der Waals surface area contributed by atoms with Gasteiger partial charge in [0.05, 0.1) is 4.90 Å². The molecule has 7 heteroatoms. The zero-order chi connectivity index (χ0) is 21.9. The monoisotopic (exact) mass is 444 g/mol. The Morgan fingerprint density at radius 3 is 2.20 bits per heavy atom. The highest BCUT2D eigenvalue weighted by Gasteiger charge is 2.26. The van der Waals surface area contributed by atoms with E-state index in [9.17, 15) is 13.2 Å². The third-order valence-corrected chi connectivity index (χ3v) is 7.35. The third-order valence-electron chi connectivity index (χ3n) is 4.60. The third kappa shape index (κ3) is 5.28. The average molecular weight is 445 g/mol. The Balaban J connectivity index is 1.77. The summed E-state index contributed by atoms with van der Waals surface area (Å²) in [5.41, 5.74) is 1.13. The molecule has 0 saturated carbocycles. The molecule has 1 N–H and O–H groups in total. The SMILES string of the molecule is CC(C)CN(CC(C)C)S(=O)(=O)c1ccc(C(=O)Nc2ccc3sccc3c2)cc1. The van der Waals surface area contributed by atoms with Crippen LogP contribution in [0.1, 0.15) is 38.1 Å². The quantitative estimate of drug-likeness (QED) is 0.502. The fourth-order valence-corrected chi connectivity index (χ4v) is 5.80. The lowest BCUT2D eigenvalue weighted by Crippen LogP contribution is -2.37. The van der Waals surface area contributed by atoms with Crippen molar-refractivity contribution < 1.29 is 13.2 Å². The summed E-state index contributed by atoms with van der Waals surface area (Å²) in [5.74, 6) is 0.183. The van der Waals surface area contributed by atoms with Crippen LogP contribution in [0, 0.1) is 11.8 Å². The maximum absolute atomic E-state index is 13.1. The maximum atomic E-state index is 13.1. The van der Waals surface area contributed by atoms with Crippen molar-refractivity contribution in [1.82, 2.24) is 4.31 Å². The van der Waals surface area contributed by atoms with Crippen molar-refractivity contribution in [3.05, 3.63) is 59.5 Å². The van der Waals surface area contributed by atoms with Gasteiger partial charge in [0.2, 0.25) is 10.0 Å². The van der Waals surface area contributed by atoms with Gasteiger partial charge in [0.25, 0.3) is 5.91 Å². The van der Waals surface area contributed by atoms with Gasteiger partial charge in [-0.1, -0.05) is 27.7 Å². The van der Waals surface area contributed by atoms with Gasteiger partial charge in [-0.3, -0.25) is 4.79 Å². The number of amides is 1. The topological polar surface area (TPSA) is 66.5 Å². The number of benzene rings is 2. The average Bonchev–Trinajstić information content (AvgIpc) is 3.14. The fourth-order valence-electron chi connectivity index (χ4n) is 3.26. The second-order valence-corrected chi connectivity index (χ2v) is 11.1. The molecule has 2 aromatic carbocycles. The van der Waals surface area contributed by atoms with Crippen molar-refractivity contribution in [3.8, 4) is 0 Å². The molecule has 0 fully saturated rings. The van der Waals surface area contributed by atoms with Gasteiger partial charge in [-0.05, 0) is 71.1 Å². The number of nitrogens with zero attached hydrogens (tertiary/aromatic N) is 1. The highest BCUT2D eigenvalue weighted by Crippen LogP contribution is 2.25. The lowest BCUT2D eigenvalue weighted by molar-refractivity contribution is 0.102. The number of hydrogen-bond acceptors (Lipinski definition) is 4. The van der Waals surface area contributed by atoms with E-state index in [1.54, 1.807) is 23.5 Å². The first-order valence-electron chi connectivity index (χ1n) is 10.1. The Hall–Kier alpha value is -2.22. The summed E-state index contributed by atoms with van der Waals surface area (Å²) in [5, 5.41) is 5.97. The molecule has 0 aliphatic heterocycles. The van der Waals surface area contributed by atoms with Gasteiger partial charge in [-0.25, -0.2) is 8.42 Å². The first-order chi connectivity index (χ1) is 14.2. The number of carbonyl (C=O) groups excluding carboxylic acids is 1. The first-order valence-corrected chi connectivity index (χ1v) is 12.4. The Labute approximate surface area is 182 Å². The van der Waals surface area contributed by atoms with E-state index in [0.717, 1.165) is 10.1 Å².